The van der Waals surface area contributed by atoms with Gasteiger partial charge in [-0.05, 0) is 43.2 Å². The van der Waals surface area contributed by atoms with Gasteiger partial charge >= 0.3 is 0 Å². The lowest BCUT2D eigenvalue weighted by Crippen LogP contribution is -2.37. The van der Waals surface area contributed by atoms with Crippen molar-refractivity contribution < 1.29 is 14.0 Å². The zero-order valence-electron chi connectivity index (χ0n) is 16.7. The van der Waals surface area contributed by atoms with E-state index in [1.807, 2.05) is 31.2 Å². The number of halogens is 1. The van der Waals surface area contributed by atoms with Crippen LogP contribution in [0, 0.1) is 12.7 Å². The van der Waals surface area contributed by atoms with Crippen molar-refractivity contribution in [3.8, 4) is 10.6 Å². The molecule has 0 aliphatic carbocycles. The molecule has 2 amide bonds. The fourth-order valence-electron chi connectivity index (χ4n) is 3.57. The molecule has 1 fully saturated rings. The minimum Gasteiger partial charge on any atom is -0.337 e. The van der Waals surface area contributed by atoms with E-state index in [4.69, 9.17) is 0 Å². The molecule has 1 aliphatic rings. The third-order valence-electron chi connectivity index (χ3n) is 5.26. The second-order valence-corrected chi connectivity index (χ2v) is 8.16. The Morgan fingerprint density at radius 1 is 0.933 bits per heavy atom. The first kappa shape index (κ1) is 20.2. The standard InChI is InChI=1S/C23H22FN3O2S/c1-16-5-2-3-6-19(16)21-25-20(15-30-21)23(29)27-12-4-11-26(13-14-27)22(28)17-7-9-18(24)10-8-17/h2-3,5-10,15H,4,11-14H2,1H3. The maximum atomic E-state index is 13.1. The molecular formula is C23H22FN3O2S. The molecule has 0 bridgehead atoms. The molecule has 3 aromatic rings. The fraction of sp³-hybridized carbons (Fsp3) is 0.261. The van der Waals surface area contributed by atoms with Crippen molar-refractivity contribution in [1.29, 1.82) is 0 Å². The van der Waals surface area contributed by atoms with E-state index in [1.54, 1.807) is 15.2 Å². The predicted octanol–water partition coefficient (Wildman–Crippen LogP) is 4.25. The van der Waals surface area contributed by atoms with Gasteiger partial charge in [-0.3, -0.25) is 9.59 Å². The van der Waals surface area contributed by atoms with Crippen LogP contribution in [0.4, 0.5) is 4.39 Å². The van der Waals surface area contributed by atoms with Gasteiger partial charge in [0.15, 0.2) is 0 Å². The zero-order chi connectivity index (χ0) is 21.1. The molecule has 1 aromatic heterocycles. The molecular weight excluding hydrogens is 401 g/mol. The lowest BCUT2D eigenvalue weighted by Gasteiger charge is -2.21. The van der Waals surface area contributed by atoms with Crippen molar-refractivity contribution >= 4 is 23.2 Å². The maximum absolute atomic E-state index is 13.1. The Labute approximate surface area is 178 Å². The monoisotopic (exact) mass is 423 g/mol. The summed E-state index contributed by atoms with van der Waals surface area (Å²) in [5.74, 6) is -0.616. The van der Waals surface area contributed by atoms with Crippen LogP contribution in [0.5, 0.6) is 0 Å². The second kappa shape index (κ2) is 8.75. The van der Waals surface area contributed by atoms with Crippen LogP contribution in [0.1, 0.15) is 32.8 Å². The summed E-state index contributed by atoms with van der Waals surface area (Å²) in [7, 11) is 0. The zero-order valence-corrected chi connectivity index (χ0v) is 17.5. The molecule has 1 saturated heterocycles. The molecule has 0 unspecified atom stereocenters. The highest BCUT2D eigenvalue weighted by atomic mass is 32.1. The lowest BCUT2D eigenvalue weighted by molar-refractivity contribution is 0.0716. The van der Waals surface area contributed by atoms with Gasteiger partial charge in [-0.1, -0.05) is 24.3 Å². The van der Waals surface area contributed by atoms with E-state index in [9.17, 15) is 14.0 Å². The van der Waals surface area contributed by atoms with Gasteiger partial charge in [0.25, 0.3) is 11.8 Å². The molecule has 0 saturated carbocycles. The number of hydrogen-bond acceptors (Lipinski definition) is 4. The summed E-state index contributed by atoms with van der Waals surface area (Å²) >= 11 is 1.46. The Balaban J connectivity index is 1.43. The SMILES string of the molecule is Cc1ccccc1-c1nc(C(=O)N2CCCN(C(=O)c3ccc(F)cc3)CC2)cs1. The number of benzene rings is 2. The Morgan fingerprint density at radius 2 is 1.60 bits per heavy atom. The van der Waals surface area contributed by atoms with Crippen LogP contribution in [0.25, 0.3) is 10.6 Å². The second-order valence-electron chi connectivity index (χ2n) is 7.30. The molecule has 0 atom stereocenters. The quantitative estimate of drug-likeness (QED) is 0.633. The van der Waals surface area contributed by atoms with E-state index in [0.717, 1.165) is 16.1 Å². The highest BCUT2D eigenvalue weighted by Crippen LogP contribution is 2.27. The molecule has 1 aliphatic heterocycles. The van der Waals surface area contributed by atoms with Crippen molar-refractivity contribution in [3.63, 3.8) is 0 Å². The van der Waals surface area contributed by atoms with Gasteiger partial charge in [-0.2, -0.15) is 0 Å². The Hall–Kier alpha value is -3.06. The number of hydrogen-bond donors (Lipinski definition) is 0. The third kappa shape index (κ3) is 4.26. The molecule has 4 rings (SSSR count). The molecule has 0 spiro atoms. The first-order chi connectivity index (χ1) is 14.5. The number of aryl methyl sites for hydroxylation is 1. The predicted molar refractivity (Wildman–Crippen MR) is 115 cm³/mol. The Morgan fingerprint density at radius 3 is 2.30 bits per heavy atom. The normalized spacial score (nSPS) is 14.5. The highest BCUT2D eigenvalue weighted by molar-refractivity contribution is 7.13. The first-order valence-corrected chi connectivity index (χ1v) is 10.8. The molecule has 2 heterocycles. The minimum absolute atomic E-state index is 0.109. The topological polar surface area (TPSA) is 53.5 Å². The van der Waals surface area contributed by atoms with Gasteiger partial charge in [0.1, 0.15) is 16.5 Å². The molecule has 0 N–H and O–H groups in total. The number of thiazole rings is 1. The van der Waals surface area contributed by atoms with Crippen LogP contribution < -0.4 is 0 Å². The van der Waals surface area contributed by atoms with E-state index in [0.29, 0.717) is 43.9 Å². The molecule has 7 heteroatoms. The summed E-state index contributed by atoms with van der Waals surface area (Å²) in [6, 6.07) is 13.5. The van der Waals surface area contributed by atoms with Gasteiger partial charge in [-0.25, -0.2) is 9.37 Å². The molecule has 30 heavy (non-hydrogen) atoms. The van der Waals surface area contributed by atoms with Crippen LogP contribution in [-0.2, 0) is 0 Å². The van der Waals surface area contributed by atoms with Crippen LogP contribution >= 0.6 is 11.3 Å². The number of carbonyl (C=O) groups is 2. The summed E-state index contributed by atoms with van der Waals surface area (Å²) in [6.45, 7) is 4.05. The number of carbonyl (C=O) groups excluding carboxylic acids is 2. The van der Waals surface area contributed by atoms with E-state index in [-0.39, 0.29) is 17.6 Å². The van der Waals surface area contributed by atoms with Crippen LogP contribution in [-0.4, -0.2) is 52.8 Å². The summed E-state index contributed by atoms with van der Waals surface area (Å²) in [6.07, 6.45) is 0.688. The summed E-state index contributed by atoms with van der Waals surface area (Å²) in [5, 5.41) is 2.63. The molecule has 2 aromatic carbocycles. The first-order valence-electron chi connectivity index (χ1n) is 9.88. The van der Waals surface area contributed by atoms with Gasteiger partial charge < -0.3 is 9.80 Å². The summed E-state index contributed by atoms with van der Waals surface area (Å²) in [4.78, 5) is 33.7. The number of rotatable bonds is 3. The van der Waals surface area contributed by atoms with Crippen LogP contribution in [0.15, 0.2) is 53.9 Å². The lowest BCUT2D eigenvalue weighted by atomic mass is 10.1. The van der Waals surface area contributed by atoms with Crippen LogP contribution in [0.3, 0.4) is 0 Å². The van der Waals surface area contributed by atoms with E-state index in [2.05, 4.69) is 4.98 Å². The average molecular weight is 424 g/mol. The van der Waals surface area contributed by atoms with Crippen molar-refractivity contribution in [2.75, 3.05) is 26.2 Å². The van der Waals surface area contributed by atoms with Crippen molar-refractivity contribution in [2.24, 2.45) is 0 Å². The number of nitrogens with zero attached hydrogens (tertiary/aromatic N) is 3. The van der Waals surface area contributed by atoms with Gasteiger partial charge in [0.2, 0.25) is 0 Å². The summed E-state index contributed by atoms with van der Waals surface area (Å²) in [5.41, 5.74) is 3.05. The van der Waals surface area contributed by atoms with Crippen molar-refractivity contribution in [3.05, 3.63) is 76.5 Å². The Bertz CT molecular complexity index is 1060. The van der Waals surface area contributed by atoms with Gasteiger partial charge in [0, 0.05) is 42.7 Å². The van der Waals surface area contributed by atoms with E-state index >= 15 is 0 Å². The van der Waals surface area contributed by atoms with Crippen molar-refractivity contribution in [1.82, 2.24) is 14.8 Å². The minimum atomic E-state index is -0.368. The maximum Gasteiger partial charge on any atom is 0.273 e. The smallest absolute Gasteiger partial charge is 0.273 e. The third-order valence-corrected chi connectivity index (χ3v) is 6.14. The number of amides is 2. The van der Waals surface area contributed by atoms with Crippen LogP contribution in [0.2, 0.25) is 0 Å². The Kier molecular flexibility index (Phi) is 5.90. The molecule has 5 nitrogen and oxygen atoms in total. The largest absolute Gasteiger partial charge is 0.337 e. The summed E-state index contributed by atoms with van der Waals surface area (Å²) < 4.78 is 13.1. The van der Waals surface area contributed by atoms with E-state index < -0.39 is 0 Å². The number of aromatic nitrogens is 1. The molecule has 0 radical (unpaired) electrons. The highest BCUT2D eigenvalue weighted by Gasteiger charge is 2.25. The van der Waals surface area contributed by atoms with Crippen molar-refractivity contribution in [2.45, 2.75) is 13.3 Å². The van der Waals surface area contributed by atoms with Gasteiger partial charge in [0.05, 0.1) is 0 Å². The average Bonchev–Trinajstić information content (AvgIpc) is 3.11. The molecule has 154 valence electrons. The van der Waals surface area contributed by atoms with E-state index in [1.165, 1.54) is 35.6 Å². The fourth-order valence-corrected chi connectivity index (χ4v) is 4.45. The van der Waals surface area contributed by atoms with Gasteiger partial charge in [-0.15, -0.1) is 11.3 Å².